The number of hydrogen-bond donors (Lipinski definition) is 0. The molecule has 3 heterocycles. The topological polar surface area (TPSA) is 46.3 Å². The second-order valence-electron chi connectivity index (χ2n) is 3.93. The molecule has 5 heteroatoms. The van der Waals surface area contributed by atoms with Crippen molar-refractivity contribution in [3.05, 3.63) is 30.2 Å². The van der Waals surface area contributed by atoms with Crippen molar-refractivity contribution in [1.82, 2.24) is 19.6 Å². The Balaban J connectivity index is 2.13. The zero-order chi connectivity index (χ0) is 11.0. The van der Waals surface area contributed by atoms with Gasteiger partial charge in [-0.15, -0.1) is 0 Å². The molecule has 3 rings (SSSR count). The molecule has 82 valence electrons. The Hall–Kier alpha value is -1.91. The fourth-order valence-corrected chi connectivity index (χ4v) is 1.99. The Morgan fingerprint density at radius 1 is 1.31 bits per heavy atom. The molecule has 16 heavy (non-hydrogen) atoms. The maximum absolute atomic E-state index is 4.34. The summed E-state index contributed by atoms with van der Waals surface area (Å²) < 4.78 is 1.80. The summed E-state index contributed by atoms with van der Waals surface area (Å²) in [5.74, 6) is 1.74. The van der Waals surface area contributed by atoms with E-state index in [1.807, 2.05) is 6.92 Å². The van der Waals surface area contributed by atoms with Crippen LogP contribution in [0.1, 0.15) is 12.1 Å². The van der Waals surface area contributed by atoms with Crippen LogP contribution in [0, 0.1) is 6.92 Å². The lowest BCUT2D eigenvalue weighted by atomic mass is 10.2. The Kier molecular flexibility index (Phi) is 2.09. The van der Waals surface area contributed by atoms with Crippen molar-refractivity contribution in [3.8, 4) is 0 Å². The molecule has 0 unspecified atom stereocenters. The van der Waals surface area contributed by atoms with Crippen LogP contribution < -0.4 is 4.90 Å². The van der Waals surface area contributed by atoms with E-state index < -0.39 is 0 Å². The van der Waals surface area contributed by atoms with Crippen molar-refractivity contribution in [2.45, 2.75) is 13.3 Å². The zero-order valence-electron chi connectivity index (χ0n) is 9.17. The SMILES string of the molecule is Cc1cc(N2CC=CCC2)n2ncnc2n1. The molecule has 0 N–H and O–H groups in total. The van der Waals surface area contributed by atoms with E-state index in [0.717, 1.165) is 31.0 Å². The molecule has 0 bridgehead atoms. The molecule has 0 aliphatic carbocycles. The summed E-state index contributed by atoms with van der Waals surface area (Å²) in [4.78, 5) is 10.8. The first kappa shape index (κ1) is 9.33. The summed E-state index contributed by atoms with van der Waals surface area (Å²) in [6.45, 7) is 3.94. The standard InChI is InChI=1S/C11H13N5/c1-9-7-10(15-5-3-2-4-6-15)16-11(14-9)12-8-13-16/h2-3,7-8H,4-6H2,1H3. The largest absolute Gasteiger partial charge is 0.352 e. The fraction of sp³-hybridized carbons (Fsp3) is 0.364. The first-order valence-corrected chi connectivity index (χ1v) is 5.42. The van der Waals surface area contributed by atoms with E-state index in [1.165, 1.54) is 0 Å². The van der Waals surface area contributed by atoms with Gasteiger partial charge in [-0.2, -0.15) is 14.6 Å². The molecule has 2 aromatic rings. The lowest BCUT2D eigenvalue weighted by molar-refractivity contribution is 0.770. The normalized spacial score (nSPS) is 15.9. The number of aromatic nitrogens is 4. The van der Waals surface area contributed by atoms with Crippen LogP contribution in [0.2, 0.25) is 0 Å². The zero-order valence-corrected chi connectivity index (χ0v) is 9.17. The van der Waals surface area contributed by atoms with Gasteiger partial charge in [-0.05, 0) is 13.3 Å². The molecule has 1 aliphatic heterocycles. The van der Waals surface area contributed by atoms with Crippen LogP contribution in [-0.2, 0) is 0 Å². The number of rotatable bonds is 1. The Morgan fingerprint density at radius 2 is 2.25 bits per heavy atom. The summed E-state index contributed by atoms with van der Waals surface area (Å²) in [5, 5.41) is 4.21. The van der Waals surface area contributed by atoms with Gasteiger partial charge in [0.25, 0.3) is 5.78 Å². The molecule has 1 aliphatic rings. The van der Waals surface area contributed by atoms with Crippen LogP contribution >= 0.6 is 0 Å². The molecule has 0 saturated carbocycles. The van der Waals surface area contributed by atoms with Gasteiger partial charge < -0.3 is 4.90 Å². The molecule has 0 radical (unpaired) electrons. The number of nitrogens with zero attached hydrogens (tertiary/aromatic N) is 5. The first-order valence-electron chi connectivity index (χ1n) is 5.42. The minimum atomic E-state index is 0.671. The quantitative estimate of drug-likeness (QED) is 0.670. The van der Waals surface area contributed by atoms with E-state index in [-0.39, 0.29) is 0 Å². The molecule has 2 aromatic heterocycles. The van der Waals surface area contributed by atoms with Gasteiger partial charge in [0.15, 0.2) is 0 Å². The maximum atomic E-state index is 4.34. The Labute approximate surface area is 93.4 Å². The van der Waals surface area contributed by atoms with Crippen molar-refractivity contribution in [3.63, 3.8) is 0 Å². The maximum Gasteiger partial charge on any atom is 0.254 e. The molecule has 0 amide bonds. The van der Waals surface area contributed by atoms with Crippen LogP contribution in [0.15, 0.2) is 24.5 Å². The van der Waals surface area contributed by atoms with E-state index in [4.69, 9.17) is 0 Å². The summed E-state index contributed by atoms with van der Waals surface area (Å²) in [6, 6.07) is 2.06. The lowest BCUT2D eigenvalue weighted by Crippen LogP contribution is -2.29. The average Bonchev–Trinajstić information content (AvgIpc) is 2.77. The molecule has 0 aromatic carbocycles. The van der Waals surface area contributed by atoms with Crippen LogP contribution in [0.5, 0.6) is 0 Å². The molecular weight excluding hydrogens is 202 g/mol. The highest BCUT2D eigenvalue weighted by molar-refractivity contribution is 5.48. The molecule has 5 nitrogen and oxygen atoms in total. The van der Waals surface area contributed by atoms with E-state index in [1.54, 1.807) is 10.8 Å². The van der Waals surface area contributed by atoms with Crippen LogP contribution in [0.3, 0.4) is 0 Å². The molecule has 0 fully saturated rings. The fourth-order valence-electron chi connectivity index (χ4n) is 1.99. The third kappa shape index (κ3) is 1.44. The summed E-state index contributed by atoms with van der Waals surface area (Å²) in [5.41, 5.74) is 0.977. The third-order valence-corrected chi connectivity index (χ3v) is 2.74. The van der Waals surface area contributed by atoms with Gasteiger partial charge in [-0.3, -0.25) is 0 Å². The van der Waals surface area contributed by atoms with E-state index >= 15 is 0 Å². The van der Waals surface area contributed by atoms with Gasteiger partial charge in [0, 0.05) is 24.8 Å². The third-order valence-electron chi connectivity index (χ3n) is 2.74. The van der Waals surface area contributed by atoms with Gasteiger partial charge in [-0.25, -0.2) is 4.98 Å². The minimum Gasteiger partial charge on any atom is -0.352 e. The van der Waals surface area contributed by atoms with Gasteiger partial charge >= 0.3 is 0 Å². The molecule has 0 saturated heterocycles. The van der Waals surface area contributed by atoms with Crippen molar-refractivity contribution in [2.24, 2.45) is 0 Å². The number of aryl methyl sites for hydroxylation is 1. The van der Waals surface area contributed by atoms with Crippen LogP contribution in [-0.4, -0.2) is 32.7 Å². The minimum absolute atomic E-state index is 0.671. The smallest absolute Gasteiger partial charge is 0.254 e. The van der Waals surface area contributed by atoms with Crippen molar-refractivity contribution < 1.29 is 0 Å². The highest BCUT2D eigenvalue weighted by Crippen LogP contribution is 2.17. The van der Waals surface area contributed by atoms with E-state index in [9.17, 15) is 0 Å². The molecule has 0 spiro atoms. The van der Waals surface area contributed by atoms with E-state index in [0.29, 0.717) is 5.78 Å². The Morgan fingerprint density at radius 3 is 3.06 bits per heavy atom. The number of hydrogen-bond acceptors (Lipinski definition) is 4. The monoisotopic (exact) mass is 215 g/mol. The Bertz CT molecular complexity index is 542. The van der Waals surface area contributed by atoms with Gasteiger partial charge in [-0.1, -0.05) is 12.2 Å². The van der Waals surface area contributed by atoms with Crippen LogP contribution in [0.25, 0.3) is 5.78 Å². The first-order chi connectivity index (χ1) is 7.84. The lowest BCUT2D eigenvalue weighted by Gasteiger charge is -2.25. The average molecular weight is 215 g/mol. The molecular formula is C11H13N5. The number of fused-ring (bicyclic) bond motifs is 1. The highest BCUT2D eigenvalue weighted by atomic mass is 15.4. The van der Waals surface area contributed by atoms with Gasteiger partial charge in [0.2, 0.25) is 0 Å². The van der Waals surface area contributed by atoms with Gasteiger partial charge in [0.1, 0.15) is 12.1 Å². The molecule has 0 atom stereocenters. The predicted octanol–water partition coefficient (Wildman–Crippen LogP) is 1.20. The summed E-state index contributed by atoms with van der Waals surface area (Å²) in [6.07, 6.45) is 7.02. The van der Waals surface area contributed by atoms with Crippen molar-refractivity contribution in [2.75, 3.05) is 18.0 Å². The number of anilines is 1. The summed E-state index contributed by atoms with van der Waals surface area (Å²) >= 11 is 0. The second-order valence-corrected chi connectivity index (χ2v) is 3.93. The van der Waals surface area contributed by atoms with E-state index in [2.05, 4.69) is 38.2 Å². The van der Waals surface area contributed by atoms with Crippen molar-refractivity contribution in [1.29, 1.82) is 0 Å². The van der Waals surface area contributed by atoms with Crippen LogP contribution in [0.4, 0.5) is 5.82 Å². The highest BCUT2D eigenvalue weighted by Gasteiger charge is 2.13. The van der Waals surface area contributed by atoms with Crippen molar-refractivity contribution >= 4 is 11.6 Å². The predicted molar refractivity (Wildman–Crippen MR) is 61.5 cm³/mol. The summed E-state index contributed by atoms with van der Waals surface area (Å²) in [7, 11) is 0. The second kappa shape index (κ2) is 3.59. The van der Waals surface area contributed by atoms with Gasteiger partial charge in [0.05, 0.1) is 0 Å².